The molecule has 0 spiro atoms. The van der Waals surface area contributed by atoms with E-state index in [-0.39, 0.29) is 5.95 Å². The monoisotopic (exact) mass is 337 g/mol. The van der Waals surface area contributed by atoms with Crippen LogP contribution in [0.4, 0.5) is 5.95 Å². The molecule has 0 aliphatic heterocycles. The molecule has 6 heteroatoms. The molecule has 0 fully saturated rings. The van der Waals surface area contributed by atoms with Crippen molar-refractivity contribution in [3.05, 3.63) is 48.5 Å². The van der Waals surface area contributed by atoms with Gasteiger partial charge in [0, 0.05) is 11.1 Å². The summed E-state index contributed by atoms with van der Waals surface area (Å²) in [5, 5.41) is 0. The van der Waals surface area contributed by atoms with Crippen molar-refractivity contribution < 1.29 is 14.2 Å². The van der Waals surface area contributed by atoms with Gasteiger partial charge in [-0.3, -0.25) is 0 Å². The van der Waals surface area contributed by atoms with Crippen molar-refractivity contribution >= 4 is 5.95 Å². The highest BCUT2D eigenvalue weighted by molar-refractivity contribution is 5.75. The fraction of sp³-hybridized carbons (Fsp3) is 0.158. The summed E-state index contributed by atoms with van der Waals surface area (Å²) < 4.78 is 16.1. The van der Waals surface area contributed by atoms with Crippen LogP contribution in [0.1, 0.15) is 0 Å². The zero-order chi connectivity index (χ0) is 17.8. The molecule has 1 heterocycles. The minimum atomic E-state index is 0.181. The van der Waals surface area contributed by atoms with Crippen LogP contribution < -0.4 is 19.9 Å². The molecule has 2 N–H and O–H groups in total. The van der Waals surface area contributed by atoms with Crippen molar-refractivity contribution in [3.63, 3.8) is 0 Å². The Morgan fingerprint density at radius 1 is 0.800 bits per heavy atom. The van der Waals surface area contributed by atoms with Gasteiger partial charge in [0.1, 0.15) is 5.75 Å². The van der Waals surface area contributed by atoms with Crippen molar-refractivity contribution in [2.75, 3.05) is 27.1 Å². The maximum atomic E-state index is 5.94. The van der Waals surface area contributed by atoms with Gasteiger partial charge in [0.05, 0.1) is 32.7 Å². The zero-order valence-electron chi connectivity index (χ0n) is 14.3. The summed E-state index contributed by atoms with van der Waals surface area (Å²) in [7, 11) is 4.81. The number of benzene rings is 2. The minimum absolute atomic E-state index is 0.181. The van der Waals surface area contributed by atoms with E-state index in [1.165, 1.54) is 0 Å². The molecular formula is C19H19N3O3. The quantitative estimate of drug-likeness (QED) is 0.768. The third-order valence-corrected chi connectivity index (χ3v) is 3.79. The molecule has 0 bridgehead atoms. The van der Waals surface area contributed by atoms with Crippen LogP contribution in [0.15, 0.2) is 48.5 Å². The van der Waals surface area contributed by atoms with Gasteiger partial charge >= 0.3 is 0 Å². The van der Waals surface area contributed by atoms with Gasteiger partial charge < -0.3 is 19.9 Å². The highest BCUT2D eigenvalue weighted by Crippen LogP contribution is 2.38. The van der Waals surface area contributed by atoms with E-state index >= 15 is 0 Å². The number of ether oxygens (including phenoxy) is 3. The van der Waals surface area contributed by atoms with E-state index in [1.54, 1.807) is 21.3 Å². The number of nitrogens with two attached hydrogens (primary N) is 1. The Kier molecular flexibility index (Phi) is 4.70. The predicted octanol–water partition coefficient (Wildman–Crippen LogP) is 3.42. The smallest absolute Gasteiger partial charge is 0.221 e. The lowest BCUT2D eigenvalue weighted by molar-refractivity contribution is 0.356. The van der Waals surface area contributed by atoms with E-state index in [9.17, 15) is 0 Å². The molecule has 0 aliphatic rings. The van der Waals surface area contributed by atoms with Crippen LogP contribution in [0.25, 0.3) is 22.5 Å². The number of nitrogens with zero attached hydrogens (tertiary/aromatic N) is 2. The summed E-state index contributed by atoms with van der Waals surface area (Å²) in [6.45, 7) is 0. The molecule has 0 aliphatic carbocycles. The number of hydrogen-bond donors (Lipinski definition) is 1. The summed E-state index contributed by atoms with van der Waals surface area (Å²) in [5.74, 6) is 2.15. The third-order valence-electron chi connectivity index (χ3n) is 3.79. The minimum Gasteiger partial charge on any atom is -0.497 e. The first-order valence-corrected chi connectivity index (χ1v) is 7.66. The average Bonchev–Trinajstić information content (AvgIpc) is 2.66. The number of hydrogen-bond acceptors (Lipinski definition) is 6. The van der Waals surface area contributed by atoms with Gasteiger partial charge in [-0.05, 0) is 30.3 Å². The van der Waals surface area contributed by atoms with Crippen molar-refractivity contribution in [1.29, 1.82) is 0 Å². The molecule has 25 heavy (non-hydrogen) atoms. The van der Waals surface area contributed by atoms with E-state index in [4.69, 9.17) is 19.9 Å². The maximum absolute atomic E-state index is 5.94. The van der Waals surface area contributed by atoms with Crippen LogP contribution in [0.3, 0.4) is 0 Å². The van der Waals surface area contributed by atoms with Gasteiger partial charge in [-0.25, -0.2) is 9.97 Å². The summed E-state index contributed by atoms with van der Waals surface area (Å²) >= 11 is 0. The van der Waals surface area contributed by atoms with Crippen LogP contribution in [0.5, 0.6) is 17.2 Å². The van der Waals surface area contributed by atoms with Gasteiger partial charge in [-0.2, -0.15) is 0 Å². The van der Waals surface area contributed by atoms with E-state index in [0.717, 1.165) is 16.9 Å². The lowest BCUT2D eigenvalue weighted by Crippen LogP contribution is -2.00. The molecular weight excluding hydrogens is 318 g/mol. The number of aromatic nitrogens is 2. The number of rotatable bonds is 5. The van der Waals surface area contributed by atoms with Crippen molar-refractivity contribution in [2.45, 2.75) is 0 Å². The van der Waals surface area contributed by atoms with E-state index in [2.05, 4.69) is 9.97 Å². The predicted molar refractivity (Wildman–Crippen MR) is 97.0 cm³/mol. The Balaban J connectivity index is 2.15. The van der Waals surface area contributed by atoms with Gasteiger partial charge in [-0.1, -0.05) is 18.2 Å². The highest BCUT2D eigenvalue weighted by Gasteiger charge is 2.15. The fourth-order valence-corrected chi connectivity index (χ4v) is 2.62. The first-order valence-electron chi connectivity index (χ1n) is 7.66. The largest absolute Gasteiger partial charge is 0.497 e. The fourth-order valence-electron chi connectivity index (χ4n) is 2.62. The molecule has 1 aromatic heterocycles. The van der Waals surface area contributed by atoms with Gasteiger partial charge in [0.2, 0.25) is 5.95 Å². The van der Waals surface area contributed by atoms with Gasteiger partial charge in [0.25, 0.3) is 0 Å². The molecule has 0 amide bonds. The Bertz CT molecular complexity index is 897. The first kappa shape index (κ1) is 16.6. The Labute approximate surface area is 146 Å². The average molecular weight is 337 g/mol. The zero-order valence-corrected chi connectivity index (χ0v) is 14.3. The molecule has 128 valence electrons. The molecule has 0 saturated heterocycles. The van der Waals surface area contributed by atoms with Crippen LogP contribution in [-0.4, -0.2) is 31.3 Å². The molecule has 3 rings (SSSR count). The lowest BCUT2D eigenvalue weighted by Gasteiger charge is -2.13. The Morgan fingerprint density at radius 2 is 1.56 bits per heavy atom. The summed E-state index contributed by atoms with van der Waals surface area (Å²) in [6.07, 6.45) is 0. The maximum Gasteiger partial charge on any atom is 0.221 e. The number of nitrogen functional groups attached to an aromatic ring is 1. The molecule has 0 atom stereocenters. The Morgan fingerprint density at radius 3 is 2.28 bits per heavy atom. The van der Waals surface area contributed by atoms with Crippen molar-refractivity contribution in [2.24, 2.45) is 0 Å². The molecule has 0 saturated carbocycles. The third kappa shape index (κ3) is 3.33. The van der Waals surface area contributed by atoms with E-state index < -0.39 is 0 Å². The van der Waals surface area contributed by atoms with E-state index in [0.29, 0.717) is 22.9 Å². The molecule has 0 unspecified atom stereocenters. The first-order chi connectivity index (χ1) is 12.2. The van der Waals surface area contributed by atoms with Crippen LogP contribution in [-0.2, 0) is 0 Å². The number of anilines is 1. The highest BCUT2D eigenvalue weighted by atomic mass is 16.5. The molecule has 6 nitrogen and oxygen atoms in total. The summed E-state index contributed by atoms with van der Waals surface area (Å²) in [6, 6.07) is 15.1. The molecule has 0 radical (unpaired) electrons. The normalized spacial score (nSPS) is 10.4. The van der Waals surface area contributed by atoms with E-state index in [1.807, 2.05) is 48.5 Å². The van der Waals surface area contributed by atoms with Crippen molar-refractivity contribution in [3.8, 4) is 39.8 Å². The standard InChI is InChI=1S/C19H19N3O3/c1-23-13-7-4-6-12(10-13)15-11-16(22-19(20)21-15)14-8-5-9-17(24-2)18(14)25-3/h4-11H,1-3H3,(H2,20,21,22). The Hall–Kier alpha value is -3.28. The second-order valence-electron chi connectivity index (χ2n) is 5.27. The molecule has 3 aromatic rings. The number of methoxy groups -OCH3 is 3. The summed E-state index contributed by atoms with van der Waals surface area (Å²) in [4.78, 5) is 8.70. The van der Waals surface area contributed by atoms with Crippen LogP contribution in [0, 0.1) is 0 Å². The molecule has 2 aromatic carbocycles. The van der Waals surface area contributed by atoms with Crippen molar-refractivity contribution in [1.82, 2.24) is 9.97 Å². The SMILES string of the molecule is COc1cccc(-c2cc(-c3cccc(OC)c3OC)nc(N)n2)c1. The van der Waals surface area contributed by atoms with Gasteiger partial charge in [-0.15, -0.1) is 0 Å². The number of para-hydroxylation sites is 1. The lowest BCUT2D eigenvalue weighted by atomic mass is 10.1. The second kappa shape index (κ2) is 7.09. The summed E-state index contributed by atoms with van der Waals surface area (Å²) in [5.41, 5.74) is 8.96. The topological polar surface area (TPSA) is 79.5 Å². The van der Waals surface area contributed by atoms with Crippen LogP contribution >= 0.6 is 0 Å². The second-order valence-corrected chi connectivity index (χ2v) is 5.27. The van der Waals surface area contributed by atoms with Gasteiger partial charge in [0.15, 0.2) is 11.5 Å². The van der Waals surface area contributed by atoms with Crippen LogP contribution in [0.2, 0.25) is 0 Å².